The number of rotatable bonds is 8. The lowest BCUT2D eigenvalue weighted by Gasteiger charge is -2.28. The van der Waals surface area contributed by atoms with Gasteiger partial charge in [0.25, 0.3) is 0 Å². The number of aryl methyl sites for hydroxylation is 2. The molecule has 144 valence electrons. The van der Waals surface area contributed by atoms with Crippen molar-refractivity contribution in [3.63, 3.8) is 0 Å². The normalized spacial score (nSPS) is 12.8. The smallest absolute Gasteiger partial charge is 0.410 e. The van der Waals surface area contributed by atoms with Gasteiger partial charge in [-0.25, -0.2) is 4.79 Å². The summed E-state index contributed by atoms with van der Waals surface area (Å²) in [5.74, 6) is 0.381. The first kappa shape index (κ1) is 22.0. The van der Waals surface area contributed by atoms with E-state index in [4.69, 9.17) is 8.47 Å². The van der Waals surface area contributed by atoms with Crippen molar-refractivity contribution < 1.29 is 37.5 Å². The molecule has 0 aromatic heterocycles. The summed E-state index contributed by atoms with van der Waals surface area (Å²) in [5.41, 5.74) is 1.33. The topological polar surface area (TPSA) is 117 Å². The first-order valence-corrected chi connectivity index (χ1v) is 11.5. The Morgan fingerprint density at radius 2 is 1.80 bits per heavy atom. The summed E-state index contributed by atoms with van der Waals surface area (Å²) in [6.07, 6.45) is 5.59. The molecule has 0 aliphatic carbocycles. The average Bonchev–Trinajstić information content (AvgIpc) is 2.44. The number of halogens is 1. The first-order chi connectivity index (χ1) is 11.5. The van der Waals surface area contributed by atoms with Gasteiger partial charge in [0.2, 0.25) is 0 Å². The molecule has 9 heteroatoms. The third kappa shape index (κ3) is 7.39. The van der Waals surface area contributed by atoms with Gasteiger partial charge in [-0.15, -0.1) is 0 Å². The van der Waals surface area contributed by atoms with E-state index in [-0.39, 0.29) is 0 Å². The van der Waals surface area contributed by atoms with Crippen molar-refractivity contribution in [2.24, 2.45) is 0 Å². The minimum absolute atomic E-state index is 0.381. The molecule has 0 aliphatic rings. The second-order valence-electron chi connectivity index (χ2n) is 6.08. The molecule has 25 heavy (non-hydrogen) atoms. The zero-order valence-corrected chi connectivity index (χ0v) is 16.8. The van der Waals surface area contributed by atoms with Crippen LogP contribution in [-0.2, 0) is 3.74 Å². The van der Waals surface area contributed by atoms with Gasteiger partial charge in [0.05, 0.1) is 10.2 Å². The minimum atomic E-state index is -4.53. The predicted molar refractivity (Wildman–Crippen MR) is 88.3 cm³/mol. The number of hydrogen-bond acceptors (Lipinski definition) is 6. The molecule has 0 saturated carbocycles. The molecule has 0 unspecified atom stereocenters. The van der Waals surface area contributed by atoms with Crippen molar-refractivity contribution in [2.75, 3.05) is 19.1 Å². The molecule has 0 atom stereocenters. The van der Waals surface area contributed by atoms with Crippen LogP contribution in [0.5, 0.6) is 5.75 Å². The Kier molecular flexibility index (Phi) is 7.98. The standard InChI is InChI=1S/C16H26ClNO6S/c1-6-7-8-9-18-16(19)23-14-10-13(3)15(11-12(14)2)25(4,5)24-17(20,21)22/h10-11H,6-9H2,1-5H3,(H,18,19). The van der Waals surface area contributed by atoms with Gasteiger partial charge in [-0.2, -0.15) is 14.0 Å². The van der Waals surface area contributed by atoms with E-state index in [0.29, 0.717) is 28.3 Å². The van der Waals surface area contributed by atoms with E-state index in [9.17, 15) is 18.8 Å². The zero-order chi connectivity index (χ0) is 19.3. The fourth-order valence-corrected chi connectivity index (χ4v) is 5.44. The summed E-state index contributed by atoms with van der Waals surface area (Å²) in [6, 6.07) is 3.33. The molecule has 0 heterocycles. The van der Waals surface area contributed by atoms with E-state index in [1.165, 1.54) is 0 Å². The van der Waals surface area contributed by atoms with Crippen LogP contribution in [0.1, 0.15) is 37.3 Å². The molecule has 0 aliphatic heterocycles. The monoisotopic (exact) mass is 395 g/mol. The second kappa shape index (κ2) is 9.07. The van der Waals surface area contributed by atoms with Crippen molar-refractivity contribution in [3.8, 4) is 5.75 Å². The summed E-state index contributed by atoms with van der Waals surface area (Å²) in [6.45, 7) is 6.11. The Labute approximate surface area is 152 Å². The molecule has 1 aromatic carbocycles. The van der Waals surface area contributed by atoms with Crippen LogP contribution in [0.2, 0.25) is 0 Å². The largest absolute Gasteiger partial charge is 0.412 e. The van der Waals surface area contributed by atoms with Gasteiger partial charge >= 0.3 is 6.09 Å². The number of amides is 1. The maximum atomic E-state index is 11.8. The third-order valence-electron chi connectivity index (χ3n) is 3.49. The minimum Gasteiger partial charge on any atom is -0.410 e. The fourth-order valence-electron chi connectivity index (χ4n) is 2.33. The maximum Gasteiger partial charge on any atom is 0.412 e. The molecule has 0 radical (unpaired) electrons. The van der Waals surface area contributed by atoms with Crippen molar-refractivity contribution >= 4 is 16.4 Å². The lowest BCUT2D eigenvalue weighted by molar-refractivity contribution is -1.91. The number of carbonyl (C=O) groups excluding carboxylic acids is 1. The molecule has 1 aromatic rings. The van der Waals surface area contributed by atoms with Gasteiger partial charge < -0.3 is 10.1 Å². The lowest BCUT2D eigenvalue weighted by atomic mass is 10.1. The van der Waals surface area contributed by atoms with Crippen LogP contribution in [0, 0.1) is 24.1 Å². The number of unbranched alkanes of at least 4 members (excludes halogenated alkanes) is 2. The summed E-state index contributed by atoms with van der Waals surface area (Å²) in [5, 5.41) is 2.69. The van der Waals surface area contributed by atoms with Crippen LogP contribution < -0.4 is 24.0 Å². The molecular weight excluding hydrogens is 370 g/mol. The Morgan fingerprint density at radius 1 is 1.16 bits per heavy atom. The maximum absolute atomic E-state index is 11.8. The highest BCUT2D eigenvalue weighted by molar-refractivity contribution is 8.28. The molecule has 1 N–H and O–H groups in total. The van der Waals surface area contributed by atoms with Crippen molar-refractivity contribution in [3.05, 3.63) is 23.3 Å². The van der Waals surface area contributed by atoms with E-state index < -0.39 is 26.6 Å². The quantitative estimate of drug-likeness (QED) is 0.651. The highest BCUT2D eigenvalue weighted by atomic mass is 35.7. The Morgan fingerprint density at radius 3 is 2.36 bits per heavy atom. The van der Waals surface area contributed by atoms with Crippen molar-refractivity contribution in [1.82, 2.24) is 5.32 Å². The lowest BCUT2D eigenvalue weighted by Crippen LogP contribution is -2.61. The van der Waals surface area contributed by atoms with Crippen molar-refractivity contribution in [1.29, 1.82) is 0 Å². The average molecular weight is 396 g/mol. The predicted octanol–water partition coefficient (Wildman–Crippen LogP) is 0.834. The number of benzene rings is 1. The summed E-state index contributed by atoms with van der Waals surface area (Å²) >= 11 is 0. The molecule has 0 spiro atoms. The fraction of sp³-hybridized carbons (Fsp3) is 0.562. The van der Waals surface area contributed by atoms with Crippen LogP contribution in [0.15, 0.2) is 17.0 Å². The highest BCUT2D eigenvalue weighted by Gasteiger charge is 2.35. The molecule has 7 nitrogen and oxygen atoms in total. The first-order valence-electron chi connectivity index (χ1n) is 7.88. The summed E-state index contributed by atoms with van der Waals surface area (Å²) in [4.78, 5) is 12.4. The Balaban J connectivity index is 2.87. The van der Waals surface area contributed by atoms with Crippen LogP contribution in [0.25, 0.3) is 0 Å². The summed E-state index contributed by atoms with van der Waals surface area (Å²) < 4.78 is 42.7. The second-order valence-corrected chi connectivity index (χ2v) is 10.2. The van der Waals surface area contributed by atoms with Gasteiger partial charge in [0.15, 0.2) is 0 Å². The van der Waals surface area contributed by atoms with Gasteiger partial charge in [-0.05, 0) is 43.5 Å². The molecule has 1 amide bonds. The molecule has 0 fully saturated rings. The number of nitrogens with one attached hydrogen (secondary N) is 1. The van der Waals surface area contributed by atoms with E-state index in [2.05, 4.69) is 12.2 Å². The number of hydrogen-bond donors (Lipinski definition) is 1. The van der Waals surface area contributed by atoms with Crippen molar-refractivity contribution in [2.45, 2.75) is 44.9 Å². The van der Waals surface area contributed by atoms with Gasteiger partial charge in [0.1, 0.15) is 9.49 Å². The molecular formula is C16H26ClNO6S. The van der Waals surface area contributed by atoms with Gasteiger partial charge in [-0.1, -0.05) is 19.8 Å². The van der Waals surface area contributed by atoms with Crippen LogP contribution >= 0.6 is 10.3 Å². The van der Waals surface area contributed by atoms with Gasteiger partial charge in [-0.3, -0.25) is 0 Å². The zero-order valence-electron chi connectivity index (χ0n) is 15.2. The van der Waals surface area contributed by atoms with E-state index >= 15 is 0 Å². The summed E-state index contributed by atoms with van der Waals surface area (Å²) in [7, 11) is -6.83. The van der Waals surface area contributed by atoms with E-state index in [0.717, 1.165) is 19.3 Å². The molecule has 1 rings (SSSR count). The van der Waals surface area contributed by atoms with Crippen LogP contribution in [0.3, 0.4) is 0 Å². The number of ether oxygens (including phenoxy) is 1. The highest BCUT2D eigenvalue weighted by Crippen LogP contribution is 2.54. The van der Waals surface area contributed by atoms with Crippen LogP contribution in [-0.4, -0.2) is 25.1 Å². The molecule has 0 bridgehead atoms. The van der Waals surface area contributed by atoms with E-state index in [1.54, 1.807) is 38.5 Å². The Bertz CT molecular complexity index is 603. The third-order valence-corrected chi connectivity index (χ3v) is 6.87. The van der Waals surface area contributed by atoms with E-state index in [1.807, 2.05) is 0 Å². The Hall–Kier alpha value is -1.03. The number of carbonyl (C=O) groups is 1. The van der Waals surface area contributed by atoms with Crippen LogP contribution in [0.4, 0.5) is 4.79 Å². The SMILES string of the molecule is CCCCCNC(=O)Oc1cc(C)c(S(C)(C)O[Cl+3]([O-])([O-])[O-])cc1C. The molecule has 0 saturated heterocycles. The van der Waals surface area contributed by atoms with Gasteiger partial charge in [0, 0.05) is 34.3 Å².